The molecule has 0 aliphatic carbocycles. The van der Waals surface area contributed by atoms with Gasteiger partial charge in [0.15, 0.2) is 0 Å². The summed E-state index contributed by atoms with van der Waals surface area (Å²) in [6.07, 6.45) is 1.80. The number of nitrogens with zero attached hydrogens (tertiary/aromatic N) is 1. The second kappa shape index (κ2) is 4.82. The highest BCUT2D eigenvalue weighted by atomic mass is 19.1. The topological polar surface area (TPSA) is 40.7 Å². The summed E-state index contributed by atoms with van der Waals surface area (Å²) >= 11 is 0. The van der Waals surface area contributed by atoms with Crippen LogP contribution in [0, 0.1) is 5.82 Å². The summed E-state index contributed by atoms with van der Waals surface area (Å²) in [5, 5.41) is 4.55. The lowest BCUT2D eigenvalue weighted by Gasteiger charge is -2.05. The number of hydrogen-bond acceptors (Lipinski definition) is 2. The summed E-state index contributed by atoms with van der Waals surface area (Å²) in [4.78, 5) is 7.61. The average molecular weight is 255 g/mol. The first-order valence-corrected chi connectivity index (χ1v) is 6.15. The van der Waals surface area contributed by atoms with E-state index >= 15 is 0 Å². The summed E-state index contributed by atoms with van der Waals surface area (Å²) in [5.74, 6) is 0.558. The Labute approximate surface area is 110 Å². The number of nitrogens with one attached hydrogen (secondary N) is 2. The van der Waals surface area contributed by atoms with Gasteiger partial charge in [0.1, 0.15) is 11.6 Å². The van der Waals surface area contributed by atoms with Crippen molar-refractivity contribution in [2.24, 2.45) is 0 Å². The predicted octanol–water partition coefficient (Wildman–Crippen LogP) is 3.09. The average Bonchev–Trinajstić information content (AvgIpc) is 2.88. The van der Waals surface area contributed by atoms with E-state index < -0.39 is 0 Å². The number of H-pyrrole nitrogens is 1. The lowest BCUT2D eigenvalue weighted by atomic mass is 10.0. The van der Waals surface area contributed by atoms with E-state index in [0.717, 1.165) is 29.0 Å². The Kier molecular flexibility index (Phi) is 3.01. The van der Waals surface area contributed by atoms with Gasteiger partial charge >= 0.3 is 0 Å². The highest BCUT2D eigenvalue weighted by Gasteiger charge is 2.09. The molecule has 3 rings (SSSR count). The van der Waals surface area contributed by atoms with Gasteiger partial charge in [0.2, 0.25) is 0 Å². The van der Waals surface area contributed by atoms with Crippen LogP contribution < -0.4 is 5.32 Å². The Balaban J connectivity index is 2.16. The monoisotopic (exact) mass is 255 g/mol. The highest BCUT2D eigenvalue weighted by Crippen LogP contribution is 2.28. The van der Waals surface area contributed by atoms with Crippen LogP contribution in [0.4, 0.5) is 4.39 Å². The van der Waals surface area contributed by atoms with Crippen molar-refractivity contribution in [3.05, 3.63) is 54.1 Å². The van der Waals surface area contributed by atoms with Crippen LogP contribution >= 0.6 is 0 Å². The van der Waals surface area contributed by atoms with Gasteiger partial charge in [-0.2, -0.15) is 0 Å². The van der Waals surface area contributed by atoms with Crippen LogP contribution in [0.3, 0.4) is 0 Å². The maximum absolute atomic E-state index is 13.8. The van der Waals surface area contributed by atoms with Crippen molar-refractivity contribution in [2.45, 2.75) is 6.54 Å². The van der Waals surface area contributed by atoms with Crippen molar-refractivity contribution in [3.8, 4) is 11.4 Å². The van der Waals surface area contributed by atoms with E-state index in [9.17, 15) is 4.39 Å². The van der Waals surface area contributed by atoms with E-state index in [-0.39, 0.29) is 5.82 Å². The Morgan fingerprint density at radius 2 is 1.95 bits per heavy atom. The molecule has 0 aliphatic heterocycles. The lowest BCUT2D eigenvalue weighted by Crippen LogP contribution is -2.04. The molecule has 96 valence electrons. The summed E-state index contributed by atoms with van der Waals surface area (Å²) in [5.41, 5.74) is 1.92. The summed E-state index contributed by atoms with van der Waals surface area (Å²) in [7, 11) is 1.88. The number of halogens is 1. The van der Waals surface area contributed by atoms with E-state index in [4.69, 9.17) is 0 Å². The quantitative estimate of drug-likeness (QED) is 0.755. The summed E-state index contributed by atoms with van der Waals surface area (Å²) < 4.78 is 13.8. The number of hydrogen-bond donors (Lipinski definition) is 2. The molecule has 0 saturated carbocycles. The van der Waals surface area contributed by atoms with Crippen LogP contribution in [0.15, 0.2) is 42.6 Å². The van der Waals surface area contributed by atoms with Crippen LogP contribution in [0.1, 0.15) is 5.69 Å². The maximum atomic E-state index is 13.8. The van der Waals surface area contributed by atoms with E-state index in [2.05, 4.69) is 15.3 Å². The first kappa shape index (κ1) is 11.9. The van der Waals surface area contributed by atoms with Gasteiger partial charge in [0, 0.05) is 29.4 Å². The fourth-order valence-corrected chi connectivity index (χ4v) is 2.25. The number of aromatic amines is 1. The van der Waals surface area contributed by atoms with Gasteiger partial charge < -0.3 is 10.3 Å². The van der Waals surface area contributed by atoms with Gasteiger partial charge in [-0.05, 0) is 24.6 Å². The molecule has 0 saturated heterocycles. The third kappa shape index (κ3) is 2.11. The van der Waals surface area contributed by atoms with Crippen molar-refractivity contribution in [1.29, 1.82) is 0 Å². The molecular weight excluding hydrogens is 241 g/mol. The maximum Gasteiger partial charge on any atom is 0.138 e. The van der Waals surface area contributed by atoms with E-state index in [1.165, 1.54) is 6.07 Å². The molecule has 19 heavy (non-hydrogen) atoms. The van der Waals surface area contributed by atoms with E-state index in [1.807, 2.05) is 25.2 Å². The van der Waals surface area contributed by atoms with Crippen molar-refractivity contribution < 1.29 is 4.39 Å². The summed E-state index contributed by atoms with van der Waals surface area (Å²) in [6.45, 7) is 0.728. The van der Waals surface area contributed by atoms with Crippen LogP contribution in [0.2, 0.25) is 0 Å². The van der Waals surface area contributed by atoms with Crippen LogP contribution in [0.25, 0.3) is 22.2 Å². The Morgan fingerprint density at radius 1 is 1.16 bits per heavy atom. The molecule has 0 unspecified atom stereocenters. The lowest BCUT2D eigenvalue weighted by molar-refractivity contribution is 0.640. The molecule has 3 aromatic rings. The fourth-order valence-electron chi connectivity index (χ4n) is 2.25. The molecule has 0 atom stereocenters. The molecule has 4 heteroatoms. The van der Waals surface area contributed by atoms with Crippen molar-refractivity contribution >= 4 is 10.8 Å². The SMILES string of the molecule is CNCc1cnc(-c2ccc(F)c3ccccc23)[nH]1. The van der Waals surface area contributed by atoms with Gasteiger partial charge in [-0.1, -0.05) is 24.3 Å². The number of imidazole rings is 1. The number of rotatable bonds is 3. The Morgan fingerprint density at radius 3 is 2.74 bits per heavy atom. The van der Waals surface area contributed by atoms with Crippen molar-refractivity contribution in [3.63, 3.8) is 0 Å². The molecule has 1 aromatic heterocycles. The molecular formula is C15H14FN3. The fraction of sp³-hybridized carbons (Fsp3) is 0.133. The minimum Gasteiger partial charge on any atom is -0.341 e. The molecule has 1 heterocycles. The van der Waals surface area contributed by atoms with Gasteiger partial charge in [-0.25, -0.2) is 9.37 Å². The Bertz CT molecular complexity index is 718. The van der Waals surface area contributed by atoms with Crippen LogP contribution in [0.5, 0.6) is 0 Å². The van der Waals surface area contributed by atoms with Crippen LogP contribution in [-0.2, 0) is 6.54 Å². The summed E-state index contributed by atoms with van der Waals surface area (Å²) in [6, 6.07) is 10.7. The zero-order chi connectivity index (χ0) is 13.2. The zero-order valence-corrected chi connectivity index (χ0v) is 10.6. The minimum atomic E-state index is -0.207. The smallest absolute Gasteiger partial charge is 0.138 e. The number of aromatic nitrogens is 2. The van der Waals surface area contributed by atoms with Crippen molar-refractivity contribution in [1.82, 2.24) is 15.3 Å². The normalized spacial score (nSPS) is 11.1. The van der Waals surface area contributed by atoms with E-state index in [1.54, 1.807) is 18.3 Å². The minimum absolute atomic E-state index is 0.207. The van der Waals surface area contributed by atoms with E-state index in [0.29, 0.717) is 5.39 Å². The predicted molar refractivity (Wildman–Crippen MR) is 74.3 cm³/mol. The largest absolute Gasteiger partial charge is 0.341 e. The third-order valence-corrected chi connectivity index (χ3v) is 3.12. The van der Waals surface area contributed by atoms with Gasteiger partial charge in [0.05, 0.1) is 0 Å². The Hall–Kier alpha value is -2.20. The molecule has 0 spiro atoms. The molecule has 2 aromatic carbocycles. The molecule has 3 nitrogen and oxygen atoms in total. The van der Waals surface area contributed by atoms with Gasteiger partial charge in [-0.3, -0.25) is 0 Å². The number of benzene rings is 2. The molecule has 0 fully saturated rings. The zero-order valence-electron chi connectivity index (χ0n) is 10.6. The highest BCUT2D eigenvalue weighted by molar-refractivity contribution is 5.95. The first-order chi connectivity index (χ1) is 9.29. The van der Waals surface area contributed by atoms with Gasteiger partial charge in [-0.15, -0.1) is 0 Å². The first-order valence-electron chi connectivity index (χ1n) is 6.15. The van der Waals surface area contributed by atoms with Crippen LogP contribution in [-0.4, -0.2) is 17.0 Å². The second-order valence-electron chi connectivity index (χ2n) is 4.43. The molecule has 0 radical (unpaired) electrons. The van der Waals surface area contributed by atoms with Gasteiger partial charge in [0.25, 0.3) is 0 Å². The van der Waals surface area contributed by atoms with Crippen molar-refractivity contribution in [2.75, 3.05) is 7.05 Å². The molecule has 0 bridgehead atoms. The number of fused-ring (bicyclic) bond motifs is 1. The molecule has 2 N–H and O–H groups in total. The molecule has 0 aliphatic rings. The molecule has 0 amide bonds. The third-order valence-electron chi connectivity index (χ3n) is 3.12. The standard InChI is InChI=1S/C15H14FN3/c1-17-8-10-9-18-15(19-10)13-6-7-14(16)12-5-3-2-4-11(12)13/h2-7,9,17H,8H2,1H3,(H,18,19). The second-order valence-corrected chi connectivity index (χ2v) is 4.43.